The summed E-state index contributed by atoms with van der Waals surface area (Å²) in [4.78, 5) is 32.8. The Morgan fingerprint density at radius 3 is 2.80 bits per heavy atom. The summed E-state index contributed by atoms with van der Waals surface area (Å²) in [5.41, 5.74) is 1.46. The molecular formula is C17H17N3O5. The maximum Gasteiger partial charge on any atom is 0.360 e. The zero-order valence-corrected chi connectivity index (χ0v) is 13.9. The molecule has 0 atom stereocenters. The Labute approximate surface area is 144 Å². The number of carboxylic acids is 1. The number of carboxylic acid groups (broad SMARTS) is 1. The van der Waals surface area contributed by atoms with Crippen LogP contribution >= 0.6 is 0 Å². The van der Waals surface area contributed by atoms with Gasteiger partial charge >= 0.3 is 11.9 Å². The van der Waals surface area contributed by atoms with E-state index in [1.54, 1.807) is 38.1 Å². The third-order valence-electron chi connectivity index (χ3n) is 3.27. The van der Waals surface area contributed by atoms with Crippen molar-refractivity contribution in [2.24, 2.45) is 0 Å². The Morgan fingerprint density at radius 1 is 1.40 bits per heavy atom. The number of nitriles is 1. The molecule has 0 radical (unpaired) electrons. The van der Waals surface area contributed by atoms with Crippen LogP contribution in [0.25, 0.3) is 11.4 Å². The molecule has 0 saturated heterocycles. The lowest BCUT2D eigenvalue weighted by Gasteiger charge is -2.12. The molecule has 0 aliphatic rings. The molecule has 0 aliphatic heterocycles. The number of benzene rings is 1. The van der Waals surface area contributed by atoms with E-state index in [2.05, 4.69) is 4.98 Å². The predicted molar refractivity (Wildman–Crippen MR) is 86.8 cm³/mol. The van der Waals surface area contributed by atoms with Crippen LogP contribution in [-0.4, -0.2) is 40.0 Å². The van der Waals surface area contributed by atoms with E-state index in [0.29, 0.717) is 22.6 Å². The van der Waals surface area contributed by atoms with E-state index in [9.17, 15) is 9.59 Å². The van der Waals surface area contributed by atoms with E-state index in [1.807, 2.05) is 6.07 Å². The fourth-order valence-electron chi connectivity index (χ4n) is 2.20. The average Bonchev–Trinajstić information content (AvgIpc) is 2.91. The van der Waals surface area contributed by atoms with Gasteiger partial charge in [-0.1, -0.05) is 12.1 Å². The van der Waals surface area contributed by atoms with E-state index in [4.69, 9.17) is 19.9 Å². The molecule has 0 spiro atoms. The quantitative estimate of drug-likeness (QED) is 0.762. The number of aliphatic carboxylic acids is 1. The molecule has 8 nitrogen and oxygen atoms in total. The first-order valence-electron chi connectivity index (χ1n) is 7.60. The lowest BCUT2D eigenvalue weighted by molar-refractivity contribution is -0.138. The summed E-state index contributed by atoms with van der Waals surface area (Å²) in [6.45, 7) is 3.33. The molecule has 130 valence electrons. The highest BCUT2D eigenvalue weighted by molar-refractivity contribution is 5.89. The van der Waals surface area contributed by atoms with E-state index < -0.39 is 11.9 Å². The predicted octanol–water partition coefficient (Wildman–Crippen LogP) is 1.81. The normalized spacial score (nSPS) is 10.1. The van der Waals surface area contributed by atoms with Crippen LogP contribution in [0.3, 0.4) is 0 Å². The fourth-order valence-corrected chi connectivity index (χ4v) is 2.20. The first kappa shape index (κ1) is 18.0. The van der Waals surface area contributed by atoms with Crippen molar-refractivity contribution in [2.45, 2.75) is 20.3 Å². The summed E-state index contributed by atoms with van der Waals surface area (Å²) in [5.74, 6) is -1.35. The number of hydrogen-bond donors (Lipinski definition) is 1. The summed E-state index contributed by atoms with van der Waals surface area (Å²) in [6.07, 6.45) is -0.239. The van der Waals surface area contributed by atoms with Gasteiger partial charge in [-0.05, 0) is 26.0 Å². The number of rotatable bonds is 7. The molecule has 0 amide bonds. The van der Waals surface area contributed by atoms with Crippen LogP contribution in [0.1, 0.15) is 35.1 Å². The summed E-state index contributed by atoms with van der Waals surface area (Å²) in [5, 5.41) is 17.8. The van der Waals surface area contributed by atoms with Gasteiger partial charge in [0.2, 0.25) is 0 Å². The number of esters is 1. The molecule has 1 aromatic carbocycles. The minimum absolute atomic E-state index is 0.0876. The van der Waals surface area contributed by atoms with Gasteiger partial charge in [-0.25, -0.2) is 9.78 Å². The van der Waals surface area contributed by atoms with Crippen LogP contribution < -0.4 is 4.84 Å². The Hall–Kier alpha value is -3.34. The molecule has 0 unspecified atom stereocenters. The van der Waals surface area contributed by atoms with Crippen LogP contribution in [0.4, 0.5) is 0 Å². The number of aryl methyl sites for hydroxylation is 1. The van der Waals surface area contributed by atoms with E-state index in [1.165, 1.54) is 4.73 Å². The van der Waals surface area contributed by atoms with Crippen LogP contribution in [0, 0.1) is 18.3 Å². The van der Waals surface area contributed by atoms with Crippen molar-refractivity contribution < 1.29 is 24.3 Å². The van der Waals surface area contributed by atoms with Gasteiger partial charge in [0.25, 0.3) is 0 Å². The van der Waals surface area contributed by atoms with Gasteiger partial charge in [0.15, 0.2) is 11.5 Å². The van der Waals surface area contributed by atoms with Gasteiger partial charge in [0.1, 0.15) is 6.61 Å². The van der Waals surface area contributed by atoms with Crippen LogP contribution in [0.15, 0.2) is 24.3 Å². The molecular weight excluding hydrogens is 326 g/mol. The SMILES string of the molecule is CCOC(=O)c1c(C)nc(-c2cccc(C#N)c2)n1OCCC(=O)O. The largest absolute Gasteiger partial charge is 0.481 e. The third kappa shape index (κ3) is 4.14. The van der Waals surface area contributed by atoms with Gasteiger partial charge in [-0.2, -0.15) is 9.99 Å². The highest BCUT2D eigenvalue weighted by atomic mass is 16.7. The van der Waals surface area contributed by atoms with Crippen molar-refractivity contribution in [3.8, 4) is 17.5 Å². The first-order valence-corrected chi connectivity index (χ1v) is 7.60. The minimum Gasteiger partial charge on any atom is -0.481 e. The maximum absolute atomic E-state index is 12.2. The molecule has 1 heterocycles. The van der Waals surface area contributed by atoms with Crippen molar-refractivity contribution in [1.82, 2.24) is 9.71 Å². The first-order chi connectivity index (χ1) is 12.0. The van der Waals surface area contributed by atoms with Crippen molar-refractivity contribution in [1.29, 1.82) is 5.26 Å². The highest BCUT2D eigenvalue weighted by Crippen LogP contribution is 2.23. The molecule has 1 N–H and O–H groups in total. The van der Waals surface area contributed by atoms with Crippen LogP contribution in [0.2, 0.25) is 0 Å². The standard InChI is InChI=1S/C17H17N3O5/c1-3-24-17(23)15-11(2)19-16(20(15)25-8-7-14(21)22)13-6-4-5-12(9-13)10-18/h4-6,9H,3,7-8H2,1-2H3,(H,21,22). The molecule has 0 aliphatic carbocycles. The smallest absolute Gasteiger partial charge is 0.360 e. The number of hydrogen-bond acceptors (Lipinski definition) is 6. The number of nitrogens with zero attached hydrogens (tertiary/aromatic N) is 3. The Kier molecular flexibility index (Phi) is 5.74. The van der Waals surface area contributed by atoms with Gasteiger partial charge < -0.3 is 14.7 Å². The summed E-state index contributed by atoms with van der Waals surface area (Å²) >= 11 is 0. The van der Waals surface area contributed by atoms with Gasteiger partial charge in [-0.15, -0.1) is 0 Å². The minimum atomic E-state index is -1.03. The topological polar surface area (TPSA) is 114 Å². The molecule has 1 aromatic heterocycles. The van der Waals surface area contributed by atoms with Crippen LogP contribution in [-0.2, 0) is 9.53 Å². The Balaban J connectivity index is 2.50. The lowest BCUT2D eigenvalue weighted by atomic mass is 10.1. The van der Waals surface area contributed by atoms with Gasteiger partial charge in [0, 0.05) is 5.56 Å². The number of aromatic nitrogens is 2. The zero-order valence-electron chi connectivity index (χ0n) is 13.9. The number of ether oxygens (including phenoxy) is 1. The zero-order chi connectivity index (χ0) is 18.4. The van der Waals surface area contributed by atoms with Gasteiger partial charge in [-0.3, -0.25) is 4.79 Å². The third-order valence-corrected chi connectivity index (χ3v) is 3.27. The summed E-state index contributed by atoms with van der Waals surface area (Å²) in [6, 6.07) is 8.68. The number of carbonyl (C=O) groups is 2. The van der Waals surface area contributed by atoms with Gasteiger partial charge in [0.05, 0.1) is 30.4 Å². The van der Waals surface area contributed by atoms with E-state index in [-0.39, 0.29) is 25.3 Å². The highest BCUT2D eigenvalue weighted by Gasteiger charge is 2.24. The Morgan fingerprint density at radius 2 is 2.16 bits per heavy atom. The average molecular weight is 343 g/mol. The molecule has 2 rings (SSSR count). The van der Waals surface area contributed by atoms with Crippen LogP contribution in [0.5, 0.6) is 0 Å². The molecule has 2 aromatic rings. The van der Waals surface area contributed by atoms with Crippen molar-refractivity contribution in [3.63, 3.8) is 0 Å². The molecule has 0 fully saturated rings. The molecule has 8 heteroatoms. The van der Waals surface area contributed by atoms with E-state index in [0.717, 1.165) is 0 Å². The summed E-state index contributed by atoms with van der Waals surface area (Å²) in [7, 11) is 0. The number of carbonyl (C=O) groups excluding carboxylic acids is 1. The molecule has 0 bridgehead atoms. The molecule has 25 heavy (non-hydrogen) atoms. The second-order valence-corrected chi connectivity index (χ2v) is 5.05. The fraction of sp³-hybridized carbons (Fsp3) is 0.294. The lowest BCUT2D eigenvalue weighted by Crippen LogP contribution is -2.22. The second kappa shape index (κ2) is 7.97. The second-order valence-electron chi connectivity index (χ2n) is 5.05. The number of imidazole rings is 1. The van der Waals surface area contributed by atoms with Crippen molar-refractivity contribution in [2.75, 3.05) is 13.2 Å². The summed E-state index contributed by atoms with van der Waals surface area (Å²) < 4.78 is 6.20. The monoisotopic (exact) mass is 343 g/mol. The van der Waals surface area contributed by atoms with E-state index >= 15 is 0 Å². The molecule has 0 saturated carbocycles. The Bertz CT molecular complexity index is 835. The van der Waals surface area contributed by atoms with Crippen molar-refractivity contribution >= 4 is 11.9 Å². The van der Waals surface area contributed by atoms with Crippen molar-refractivity contribution in [3.05, 3.63) is 41.2 Å². The maximum atomic E-state index is 12.2.